The van der Waals surface area contributed by atoms with Gasteiger partial charge in [-0.1, -0.05) is 31.5 Å². The number of hydrogen-bond donors (Lipinski definition) is 3. The summed E-state index contributed by atoms with van der Waals surface area (Å²) in [6.07, 6.45) is 1.94. The Labute approximate surface area is 150 Å². The molecule has 3 N–H and O–H groups in total. The van der Waals surface area contributed by atoms with Gasteiger partial charge < -0.3 is 10.6 Å². The van der Waals surface area contributed by atoms with Gasteiger partial charge in [0.05, 0.1) is 16.1 Å². The molecule has 1 heterocycles. The number of nitrogens with one attached hydrogen (secondary N) is 3. The van der Waals surface area contributed by atoms with Gasteiger partial charge in [-0.2, -0.15) is 0 Å². The highest BCUT2D eigenvalue weighted by atomic mass is 32.1. The van der Waals surface area contributed by atoms with Crippen molar-refractivity contribution in [2.75, 3.05) is 11.9 Å². The largest absolute Gasteiger partial charge is 0.352 e. The van der Waals surface area contributed by atoms with Gasteiger partial charge in [-0.3, -0.25) is 14.9 Å². The molecular weight excluding hydrogens is 342 g/mol. The van der Waals surface area contributed by atoms with Crippen LogP contribution in [0, 0.1) is 0 Å². The van der Waals surface area contributed by atoms with Crippen LogP contribution in [-0.4, -0.2) is 23.5 Å². The van der Waals surface area contributed by atoms with Crippen molar-refractivity contribution in [3.63, 3.8) is 0 Å². The minimum Gasteiger partial charge on any atom is -0.352 e. The minimum absolute atomic E-state index is 0.155. The molecule has 0 radical (unpaired) electrons. The Morgan fingerprint density at radius 2 is 1.92 bits per heavy atom. The van der Waals surface area contributed by atoms with Gasteiger partial charge in [-0.05, 0) is 42.2 Å². The molecule has 2 amide bonds. The van der Waals surface area contributed by atoms with E-state index in [-0.39, 0.29) is 16.9 Å². The molecule has 0 aliphatic carbocycles. The fraction of sp³-hybridized carbons (Fsp3) is 0.235. The number of para-hydroxylation sites is 1. The standard InChI is InChI=1S/C17H19N3O2S2/c1-2-3-10-18-15(21)12-7-4-5-8-13(12)19-17(23)20-16(22)14-9-6-11-24-14/h4-9,11H,2-3,10H2,1H3,(H,18,21)(H2,19,20,22,23). The van der Waals surface area contributed by atoms with E-state index in [1.54, 1.807) is 36.4 Å². The molecule has 0 aliphatic rings. The second-order valence-electron chi connectivity index (χ2n) is 5.04. The summed E-state index contributed by atoms with van der Waals surface area (Å²) in [5.74, 6) is -0.439. The summed E-state index contributed by atoms with van der Waals surface area (Å²) in [7, 11) is 0. The average Bonchev–Trinajstić information content (AvgIpc) is 3.10. The van der Waals surface area contributed by atoms with Crippen LogP contribution in [0.15, 0.2) is 41.8 Å². The van der Waals surface area contributed by atoms with Crippen molar-refractivity contribution >= 4 is 46.2 Å². The highest BCUT2D eigenvalue weighted by Gasteiger charge is 2.13. The lowest BCUT2D eigenvalue weighted by Crippen LogP contribution is -2.34. The maximum atomic E-state index is 12.3. The van der Waals surface area contributed by atoms with E-state index in [1.807, 2.05) is 5.38 Å². The predicted octanol–water partition coefficient (Wildman–Crippen LogP) is 3.40. The normalized spacial score (nSPS) is 10.0. The van der Waals surface area contributed by atoms with Crippen molar-refractivity contribution in [1.82, 2.24) is 10.6 Å². The minimum atomic E-state index is -0.271. The summed E-state index contributed by atoms with van der Waals surface area (Å²) in [5.41, 5.74) is 1.05. The van der Waals surface area contributed by atoms with Crippen molar-refractivity contribution < 1.29 is 9.59 Å². The number of thiophene rings is 1. The summed E-state index contributed by atoms with van der Waals surface area (Å²) in [6, 6.07) is 10.6. The topological polar surface area (TPSA) is 70.2 Å². The lowest BCUT2D eigenvalue weighted by atomic mass is 10.1. The molecule has 1 aromatic carbocycles. The van der Waals surface area contributed by atoms with E-state index in [9.17, 15) is 9.59 Å². The van der Waals surface area contributed by atoms with Crippen LogP contribution in [0.3, 0.4) is 0 Å². The van der Waals surface area contributed by atoms with Crippen molar-refractivity contribution in [3.8, 4) is 0 Å². The number of benzene rings is 1. The molecule has 0 saturated carbocycles. The van der Waals surface area contributed by atoms with Crippen LogP contribution in [0.1, 0.15) is 39.8 Å². The Hall–Kier alpha value is -2.25. The first kappa shape index (κ1) is 18.1. The van der Waals surface area contributed by atoms with Gasteiger partial charge in [0.15, 0.2) is 5.11 Å². The van der Waals surface area contributed by atoms with Gasteiger partial charge in [-0.25, -0.2) is 0 Å². The fourth-order valence-corrected chi connectivity index (χ4v) is 2.81. The summed E-state index contributed by atoms with van der Waals surface area (Å²) < 4.78 is 0. The van der Waals surface area contributed by atoms with Crippen molar-refractivity contribution in [2.24, 2.45) is 0 Å². The number of thiocarbonyl (C=S) groups is 1. The summed E-state index contributed by atoms with van der Waals surface area (Å²) in [4.78, 5) is 24.8. The van der Waals surface area contributed by atoms with Gasteiger partial charge in [0.1, 0.15) is 0 Å². The highest BCUT2D eigenvalue weighted by Crippen LogP contribution is 2.15. The van der Waals surface area contributed by atoms with Crippen LogP contribution in [0.2, 0.25) is 0 Å². The van der Waals surface area contributed by atoms with E-state index in [0.717, 1.165) is 12.8 Å². The van der Waals surface area contributed by atoms with E-state index < -0.39 is 0 Å². The van der Waals surface area contributed by atoms with Crippen LogP contribution >= 0.6 is 23.6 Å². The van der Waals surface area contributed by atoms with Crippen LogP contribution in [-0.2, 0) is 0 Å². The van der Waals surface area contributed by atoms with Crippen LogP contribution < -0.4 is 16.0 Å². The Kier molecular flexibility index (Phi) is 6.89. The van der Waals surface area contributed by atoms with E-state index >= 15 is 0 Å². The molecule has 1 aromatic heterocycles. The third-order valence-corrected chi connectivity index (χ3v) is 4.28. The summed E-state index contributed by atoms with van der Waals surface area (Å²) in [5, 5.41) is 10.4. The predicted molar refractivity (Wildman–Crippen MR) is 102 cm³/mol. The molecule has 2 aromatic rings. The summed E-state index contributed by atoms with van der Waals surface area (Å²) in [6.45, 7) is 2.69. The molecule has 0 unspecified atom stereocenters. The second-order valence-corrected chi connectivity index (χ2v) is 6.40. The fourth-order valence-electron chi connectivity index (χ4n) is 1.99. The maximum Gasteiger partial charge on any atom is 0.267 e. The molecule has 7 heteroatoms. The Morgan fingerprint density at radius 3 is 2.62 bits per heavy atom. The van der Waals surface area contributed by atoms with Crippen LogP contribution in [0.5, 0.6) is 0 Å². The molecule has 126 valence electrons. The first-order valence-electron chi connectivity index (χ1n) is 7.65. The molecule has 0 bridgehead atoms. The number of rotatable bonds is 6. The number of anilines is 1. The van der Waals surface area contributed by atoms with Crippen molar-refractivity contribution in [3.05, 3.63) is 52.2 Å². The molecule has 2 rings (SSSR count). The zero-order valence-corrected chi connectivity index (χ0v) is 14.9. The Morgan fingerprint density at radius 1 is 1.12 bits per heavy atom. The molecule has 5 nitrogen and oxygen atoms in total. The monoisotopic (exact) mass is 361 g/mol. The lowest BCUT2D eigenvalue weighted by Gasteiger charge is -2.13. The van der Waals surface area contributed by atoms with Gasteiger partial charge in [-0.15, -0.1) is 11.3 Å². The molecule has 24 heavy (non-hydrogen) atoms. The van der Waals surface area contributed by atoms with Crippen molar-refractivity contribution in [2.45, 2.75) is 19.8 Å². The smallest absolute Gasteiger partial charge is 0.267 e. The van der Waals surface area contributed by atoms with Gasteiger partial charge >= 0.3 is 0 Å². The Bertz CT molecular complexity index is 714. The average molecular weight is 361 g/mol. The zero-order chi connectivity index (χ0) is 17.4. The number of amides is 2. The first-order valence-corrected chi connectivity index (χ1v) is 8.93. The lowest BCUT2D eigenvalue weighted by molar-refractivity contribution is 0.0952. The number of hydrogen-bond acceptors (Lipinski definition) is 4. The van der Waals surface area contributed by atoms with Gasteiger partial charge in [0, 0.05) is 6.54 Å². The van der Waals surface area contributed by atoms with E-state index in [1.165, 1.54) is 11.3 Å². The maximum absolute atomic E-state index is 12.3. The van der Waals surface area contributed by atoms with E-state index in [4.69, 9.17) is 12.2 Å². The van der Waals surface area contributed by atoms with E-state index in [2.05, 4.69) is 22.9 Å². The van der Waals surface area contributed by atoms with Gasteiger partial charge in [0.25, 0.3) is 11.8 Å². The Balaban J connectivity index is 2.00. The van der Waals surface area contributed by atoms with Crippen LogP contribution in [0.4, 0.5) is 5.69 Å². The number of carbonyl (C=O) groups excluding carboxylic acids is 2. The summed E-state index contributed by atoms with van der Waals surface area (Å²) >= 11 is 6.50. The molecule has 0 atom stereocenters. The molecule has 0 saturated heterocycles. The highest BCUT2D eigenvalue weighted by molar-refractivity contribution is 7.80. The second kappa shape index (κ2) is 9.14. The van der Waals surface area contributed by atoms with Crippen LogP contribution in [0.25, 0.3) is 0 Å². The third-order valence-electron chi connectivity index (χ3n) is 3.21. The van der Waals surface area contributed by atoms with Gasteiger partial charge in [0.2, 0.25) is 0 Å². The molecular formula is C17H19N3O2S2. The van der Waals surface area contributed by atoms with E-state index in [0.29, 0.717) is 22.7 Å². The number of carbonyl (C=O) groups is 2. The zero-order valence-electron chi connectivity index (χ0n) is 13.3. The molecule has 0 spiro atoms. The molecule has 0 aliphatic heterocycles. The first-order chi connectivity index (χ1) is 11.6. The SMILES string of the molecule is CCCCNC(=O)c1ccccc1NC(=S)NC(=O)c1cccs1. The van der Waals surface area contributed by atoms with Crippen molar-refractivity contribution in [1.29, 1.82) is 0 Å². The molecule has 0 fully saturated rings. The third kappa shape index (κ3) is 5.14. The number of unbranched alkanes of at least 4 members (excludes halogenated alkanes) is 1. The quantitative estimate of drug-likeness (QED) is 0.545.